The molecule has 0 amide bonds. The van der Waals surface area contributed by atoms with Gasteiger partial charge in [0.05, 0.1) is 11.7 Å². The second-order valence-electron chi connectivity index (χ2n) is 3.76. The minimum atomic E-state index is 0.490. The maximum atomic E-state index is 5.44. The Hall–Kier alpha value is -1.95. The summed E-state index contributed by atoms with van der Waals surface area (Å²) >= 11 is 5.26. The van der Waals surface area contributed by atoms with Gasteiger partial charge in [0.25, 0.3) is 0 Å². The minimum absolute atomic E-state index is 0.490. The van der Waals surface area contributed by atoms with Gasteiger partial charge in [-0.25, -0.2) is 9.97 Å². The van der Waals surface area contributed by atoms with E-state index in [1.54, 1.807) is 12.4 Å². The number of aromatic amines is 1. The van der Waals surface area contributed by atoms with Crippen LogP contribution >= 0.6 is 12.2 Å². The Balaban J connectivity index is 2.11. The van der Waals surface area contributed by atoms with Gasteiger partial charge in [-0.05, 0) is 31.3 Å². The molecule has 0 unspecified atom stereocenters. The van der Waals surface area contributed by atoms with Crippen molar-refractivity contribution in [3.05, 3.63) is 40.9 Å². The van der Waals surface area contributed by atoms with Gasteiger partial charge in [0, 0.05) is 6.20 Å². The van der Waals surface area contributed by atoms with E-state index in [-0.39, 0.29) is 0 Å². The molecule has 17 heavy (non-hydrogen) atoms. The summed E-state index contributed by atoms with van der Waals surface area (Å²) in [6.45, 7) is 2.35. The number of rotatable bonds is 2. The Morgan fingerprint density at radius 1 is 1.47 bits per heavy atom. The number of H-pyrrole nitrogens is 1. The molecule has 0 spiro atoms. The Kier molecular flexibility index (Phi) is 2.29. The van der Waals surface area contributed by atoms with Gasteiger partial charge < -0.3 is 9.40 Å². The third-order valence-electron chi connectivity index (χ3n) is 2.49. The molecule has 3 rings (SSSR count). The zero-order valence-corrected chi connectivity index (χ0v) is 9.99. The van der Waals surface area contributed by atoms with Crippen LogP contribution in [0, 0.1) is 11.7 Å². The summed E-state index contributed by atoms with van der Waals surface area (Å²) < 4.78 is 7.93. The van der Waals surface area contributed by atoms with E-state index < -0.39 is 0 Å². The molecule has 0 aromatic carbocycles. The molecule has 0 fully saturated rings. The number of aryl methyl sites for hydroxylation is 1. The normalized spacial score (nSPS) is 11.1. The lowest BCUT2D eigenvalue weighted by Gasteiger charge is -1.99. The lowest BCUT2D eigenvalue weighted by atomic mass is 10.4. The van der Waals surface area contributed by atoms with Crippen LogP contribution in [0.5, 0.6) is 0 Å². The van der Waals surface area contributed by atoms with Crippen LogP contribution in [0.3, 0.4) is 0 Å². The van der Waals surface area contributed by atoms with E-state index in [0.29, 0.717) is 17.2 Å². The van der Waals surface area contributed by atoms with Crippen LogP contribution in [0.4, 0.5) is 0 Å². The van der Waals surface area contributed by atoms with Crippen LogP contribution in [0.2, 0.25) is 0 Å². The summed E-state index contributed by atoms with van der Waals surface area (Å²) in [4.78, 5) is 11.6. The standard InChI is InChI=1S/C11H10N4OS/c1-7-5-13-9(16-7)6-15-10-8(14-11(15)17)3-2-4-12-10/h2-5H,6H2,1H3,(H,14,17). The lowest BCUT2D eigenvalue weighted by Crippen LogP contribution is -2.00. The van der Waals surface area contributed by atoms with Crippen LogP contribution < -0.4 is 0 Å². The summed E-state index contributed by atoms with van der Waals surface area (Å²) in [6.07, 6.45) is 3.43. The van der Waals surface area contributed by atoms with Gasteiger partial charge in [-0.3, -0.25) is 4.57 Å². The predicted molar refractivity (Wildman–Crippen MR) is 65.3 cm³/mol. The minimum Gasteiger partial charge on any atom is -0.444 e. The fourth-order valence-corrected chi connectivity index (χ4v) is 2.01. The van der Waals surface area contributed by atoms with Crippen LogP contribution in [0.15, 0.2) is 28.9 Å². The molecule has 3 aromatic rings. The van der Waals surface area contributed by atoms with Crippen LogP contribution in [0.25, 0.3) is 11.2 Å². The third-order valence-corrected chi connectivity index (χ3v) is 2.81. The summed E-state index contributed by atoms with van der Waals surface area (Å²) in [5, 5.41) is 0. The van der Waals surface area contributed by atoms with Crippen molar-refractivity contribution in [3.8, 4) is 0 Å². The Bertz CT molecular complexity index is 724. The quantitative estimate of drug-likeness (QED) is 0.705. The molecular formula is C11H10N4OS. The van der Waals surface area contributed by atoms with Crippen molar-refractivity contribution in [2.24, 2.45) is 0 Å². The Morgan fingerprint density at radius 3 is 3.12 bits per heavy atom. The van der Waals surface area contributed by atoms with Gasteiger partial charge in [0.2, 0.25) is 5.89 Å². The van der Waals surface area contributed by atoms with Crippen LogP contribution in [0.1, 0.15) is 11.7 Å². The molecule has 0 saturated heterocycles. The number of nitrogens with zero attached hydrogens (tertiary/aromatic N) is 3. The first-order chi connectivity index (χ1) is 8.24. The number of hydrogen-bond acceptors (Lipinski definition) is 4. The summed E-state index contributed by atoms with van der Waals surface area (Å²) in [7, 11) is 0. The maximum absolute atomic E-state index is 5.44. The highest BCUT2D eigenvalue weighted by molar-refractivity contribution is 7.71. The monoisotopic (exact) mass is 246 g/mol. The van der Waals surface area contributed by atoms with Gasteiger partial charge >= 0.3 is 0 Å². The van der Waals surface area contributed by atoms with Crippen LogP contribution in [-0.4, -0.2) is 19.5 Å². The van der Waals surface area contributed by atoms with E-state index in [9.17, 15) is 0 Å². The van der Waals surface area contributed by atoms with E-state index in [2.05, 4.69) is 15.0 Å². The van der Waals surface area contributed by atoms with Crippen molar-refractivity contribution in [2.75, 3.05) is 0 Å². The highest BCUT2D eigenvalue weighted by atomic mass is 32.1. The van der Waals surface area contributed by atoms with E-state index in [4.69, 9.17) is 16.6 Å². The molecule has 0 saturated carbocycles. The highest BCUT2D eigenvalue weighted by Gasteiger charge is 2.08. The molecule has 1 N–H and O–H groups in total. The first-order valence-electron chi connectivity index (χ1n) is 5.19. The van der Waals surface area contributed by atoms with Crippen molar-refractivity contribution < 1.29 is 4.42 Å². The topological polar surface area (TPSA) is 59.6 Å². The van der Waals surface area contributed by atoms with Crippen molar-refractivity contribution in [1.82, 2.24) is 19.5 Å². The van der Waals surface area contributed by atoms with Gasteiger partial charge in [-0.2, -0.15) is 0 Å². The second kappa shape index (κ2) is 3.81. The van der Waals surface area contributed by atoms with Gasteiger partial charge in [-0.1, -0.05) is 0 Å². The molecule has 5 nitrogen and oxygen atoms in total. The smallest absolute Gasteiger partial charge is 0.214 e. The van der Waals surface area contributed by atoms with E-state index in [1.807, 2.05) is 23.6 Å². The zero-order valence-electron chi connectivity index (χ0n) is 9.17. The lowest BCUT2D eigenvalue weighted by molar-refractivity contribution is 0.458. The molecule has 0 aliphatic carbocycles. The molecule has 3 aromatic heterocycles. The van der Waals surface area contributed by atoms with Crippen LogP contribution in [-0.2, 0) is 6.54 Å². The third kappa shape index (κ3) is 1.76. The SMILES string of the molecule is Cc1cnc(Cn2c(=S)[nH]c3cccnc32)o1. The number of fused-ring (bicyclic) bond motifs is 1. The molecule has 0 aliphatic rings. The average Bonchev–Trinajstić information content (AvgIpc) is 2.85. The number of hydrogen-bond donors (Lipinski definition) is 1. The Morgan fingerprint density at radius 2 is 2.35 bits per heavy atom. The molecular weight excluding hydrogens is 236 g/mol. The van der Waals surface area contributed by atoms with E-state index >= 15 is 0 Å². The number of imidazole rings is 1. The maximum Gasteiger partial charge on any atom is 0.214 e. The molecule has 0 aliphatic heterocycles. The van der Waals surface area contributed by atoms with Crippen molar-refractivity contribution in [3.63, 3.8) is 0 Å². The van der Waals surface area contributed by atoms with Crippen molar-refractivity contribution in [1.29, 1.82) is 0 Å². The van der Waals surface area contributed by atoms with Crippen molar-refractivity contribution in [2.45, 2.75) is 13.5 Å². The first-order valence-corrected chi connectivity index (χ1v) is 5.60. The summed E-state index contributed by atoms with van der Waals surface area (Å²) in [6, 6.07) is 3.81. The predicted octanol–water partition coefficient (Wildman–Crippen LogP) is 2.44. The second-order valence-corrected chi connectivity index (χ2v) is 4.14. The largest absolute Gasteiger partial charge is 0.444 e. The number of nitrogens with one attached hydrogen (secondary N) is 1. The first kappa shape index (κ1) is 10.2. The summed E-state index contributed by atoms with van der Waals surface area (Å²) in [5.41, 5.74) is 1.73. The zero-order chi connectivity index (χ0) is 11.8. The fraction of sp³-hybridized carbons (Fsp3) is 0.182. The number of oxazole rings is 1. The Labute approximate surface area is 102 Å². The highest BCUT2D eigenvalue weighted by Crippen LogP contribution is 2.13. The fourth-order valence-electron chi connectivity index (χ4n) is 1.74. The summed E-state index contributed by atoms with van der Waals surface area (Å²) in [5.74, 6) is 1.42. The van der Waals surface area contributed by atoms with Gasteiger partial charge in [0.1, 0.15) is 12.3 Å². The molecule has 0 bridgehead atoms. The molecule has 3 heterocycles. The van der Waals surface area contributed by atoms with E-state index in [0.717, 1.165) is 16.9 Å². The number of pyridine rings is 1. The molecule has 6 heteroatoms. The molecule has 0 atom stereocenters. The molecule has 86 valence electrons. The van der Waals surface area contributed by atoms with Gasteiger partial charge in [0.15, 0.2) is 10.4 Å². The number of aromatic nitrogens is 4. The molecule has 0 radical (unpaired) electrons. The van der Waals surface area contributed by atoms with Gasteiger partial charge in [-0.15, -0.1) is 0 Å². The van der Waals surface area contributed by atoms with Crippen molar-refractivity contribution >= 4 is 23.4 Å². The van der Waals surface area contributed by atoms with E-state index in [1.165, 1.54) is 0 Å². The average molecular weight is 246 g/mol.